The molecular formula is C28H33ClN4O4. The van der Waals surface area contributed by atoms with Gasteiger partial charge in [0.15, 0.2) is 0 Å². The van der Waals surface area contributed by atoms with Gasteiger partial charge in [-0.2, -0.15) is 0 Å². The summed E-state index contributed by atoms with van der Waals surface area (Å²) in [5.41, 5.74) is 2.38. The van der Waals surface area contributed by atoms with Gasteiger partial charge >= 0.3 is 12.0 Å². The molecule has 8 nitrogen and oxygen atoms in total. The van der Waals surface area contributed by atoms with Crippen molar-refractivity contribution >= 4 is 29.5 Å². The molecule has 1 fully saturated rings. The van der Waals surface area contributed by atoms with E-state index >= 15 is 0 Å². The highest BCUT2D eigenvalue weighted by molar-refractivity contribution is 6.33. The summed E-state index contributed by atoms with van der Waals surface area (Å²) in [5, 5.41) is 3.42. The molecule has 0 bridgehead atoms. The number of ether oxygens (including phenoxy) is 1. The number of hydrogen-bond donors (Lipinski definition) is 1. The fraction of sp³-hybridized carbons (Fsp3) is 0.393. The van der Waals surface area contributed by atoms with Gasteiger partial charge in [-0.3, -0.25) is 14.6 Å². The SMILES string of the molecule is CCOC(=O)C1=C(CN2CCN(C(=O)c3ccccc3Cl)[C@@H](C)C2)N(CC)C(=O)N[C@@H]1c1ccccc1. The topological polar surface area (TPSA) is 82.2 Å². The van der Waals surface area contributed by atoms with Crippen LogP contribution in [0.25, 0.3) is 0 Å². The van der Waals surface area contributed by atoms with Gasteiger partial charge in [0.2, 0.25) is 0 Å². The Balaban J connectivity index is 1.62. The van der Waals surface area contributed by atoms with E-state index < -0.39 is 12.0 Å². The summed E-state index contributed by atoms with van der Waals surface area (Å²) in [6.45, 7) is 8.37. The number of rotatable bonds is 7. The molecule has 196 valence electrons. The van der Waals surface area contributed by atoms with Gasteiger partial charge in [-0.15, -0.1) is 0 Å². The molecule has 2 aromatic rings. The summed E-state index contributed by atoms with van der Waals surface area (Å²) in [7, 11) is 0. The van der Waals surface area contributed by atoms with Crippen molar-refractivity contribution in [3.05, 3.63) is 82.0 Å². The normalized spacial score (nSPS) is 20.6. The average Bonchev–Trinajstić information content (AvgIpc) is 2.89. The zero-order valence-electron chi connectivity index (χ0n) is 21.4. The first kappa shape index (κ1) is 26.7. The zero-order valence-corrected chi connectivity index (χ0v) is 22.2. The maximum absolute atomic E-state index is 13.3. The van der Waals surface area contributed by atoms with E-state index in [0.29, 0.717) is 54.6 Å². The second kappa shape index (κ2) is 11.8. The van der Waals surface area contributed by atoms with Gasteiger partial charge in [-0.05, 0) is 38.5 Å². The van der Waals surface area contributed by atoms with Crippen LogP contribution in [-0.2, 0) is 9.53 Å². The molecule has 2 atom stereocenters. The van der Waals surface area contributed by atoms with Gasteiger partial charge in [0, 0.05) is 44.5 Å². The molecule has 2 aliphatic heterocycles. The first-order valence-corrected chi connectivity index (χ1v) is 13.0. The molecule has 0 unspecified atom stereocenters. The van der Waals surface area contributed by atoms with Crippen LogP contribution in [0.2, 0.25) is 5.02 Å². The Labute approximate surface area is 222 Å². The molecule has 1 saturated heterocycles. The van der Waals surface area contributed by atoms with E-state index in [-0.39, 0.29) is 24.6 Å². The van der Waals surface area contributed by atoms with Crippen LogP contribution in [0.5, 0.6) is 0 Å². The number of carbonyl (C=O) groups excluding carboxylic acids is 3. The molecule has 0 spiro atoms. The van der Waals surface area contributed by atoms with E-state index in [9.17, 15) is 14.4 Å². The van der Waals surface area contributed by atoms with Crippen LogP contribution in [-0.4, -0.2) is 78.0 Å². The minimum atomic E-state index is -0.605. The van der Waals surface area contributed by atoms with Crippen LogP contribution in [0, 0.1) is 0 Å². The molecule has 1 N–H and O–H groups in total. The maximum Gasteiger partial charge on any atom is 0.338 e. The Morgan fingerprint density at radius 2 is 1.76 bits per heavy atom. The minimum Gasteiger partial charge on any atom is -0.463 e. The second-order valence-corrected chi connectivity index (χ2v) is 9.59. The third-order valence-corrected chi connectivity index (χ3v) is 7.16. The van der Waals surface area contributed by atoms with Crippen LogP contribution in [0.4, 0.5) is 4.79 Å². The summed E-state index contributed by atoms with van der Waals surface area (Å²) >= 11 is 6.27. The number of nitrogens with one attached hydrogen (secondary N) is 1. The number of nitrogens with zero attached hydrogens (tertiary/aromatic N) is 3. The van der Waals surface area contributed by atoms with Crippen LogP contribution >= 0.6 is 11.6 Å². The van der Waals surface area contributed by atoms with Crippen molar-refractivity contribution in [3.8, 4) is 0 Å². The molecular weight excluding hydrogens is 492 g/mol. The summed E-state index contributed by atoms with van der Waals surface area (Å²) < 4.78 is 5.45. The van der Waals surface area contributed by atoms with Gasteiger partial charge < -0.3 is 15.0 Å². The summed E-state index contributed by atoms with van der Waals surface area (Å²) in [5.74, 6) is -0.536. The Morgan fingerprint density at radius 3 is 2.41 bits per heavy atom. The van der Waals surface area contributed by atoms with Crippen molar-refractivity contribution in [1.29, 1.82) is 0 Å². The van der Waals surface area contributed by atoms with Crippen LogP contribution in [0.15, 0.2) is 65.9 Å². The lowest BCUT2D eigenvalue weighted by atomic mass is 9.94. The molecule has 2 aromatic carbocycles. The largest absolute Gasteiger partial charge is 0.463 e. The lowest BCUT2D eigenvalue weighted by molar-refractivity contribution is -0.139. The smallest absolute Gasteiger partial charge is 0.338 e. The predicted octanol–water partition coefficient (Wildman–Crippen LogP) is 4.09. The molecule has 2 aliphatic rings. The quantitative estimate of drug-likeness (QED) is 0.552. The average molecular weight is 525 g/mol. The fourth-order valence-corrected chi connectivity index (χ4v) is 5.25. The number of halogens is 1. The lowest BCUT2D eigenvalue weighted by Crippen LogP contribution is -2.56. The maximum atomic E-state index is 13.3. The van der Waals surface area contributed by atoms with E-state index in [4.69, 9.17) is 16.3 Å². The van der Waals surface area contributed by atoms with Gasteiger partial charge in [-0.25, -0.2) is 9.59 Å². The number of esters is 1. The number of piperazine rings is 1. The van der Waals surface area contributed by atoms with Gasteiger partial charge in [0.1, 0.15) is 0 Å². The molecule has 0 radical (unpaired) electrons. The number of urea groups is 1. The van der Waals surface area contributed by atoms with Crippen molar-refractivity contribution in [2.45, 2.75) is 32.9 Å². The molecule has 4 rings (SSSR count). The van der Waals surface area contributed by atoms with Crippen LogP contribution in [0.1, 0.15) is 42.7 Å². The highest BCUT2D eigenvalue weighted by atomic mass is 35.5. The van der Waals surface area contributed by atoms with E-state index in [1.54, 1.807) is 36.1 Å². The standard InChI is InChI=1S/C28H33ClN4O4/c1-4-32-23(24(27(35)37-5-2)25(30-28(32)36)20-11-7-6-8-12-20)18-31-15-16-33(19(3)17-31)26(34)21-13-9-10-14-22(21)29/h6-14,19,25H,4-5,15-18H2,1-3H3,(H,30,36)/t19-,25+/m0/s1. The van der Waals surface area contributed by atoms with E-state index in [0.717, 1.165) is 5.56 Å². The zero-order chi connectivity index (χ0) is 26.5. The first-order valence-electron chi connectivity index (χ1n) is 12.7. The molecule has 3 amide bonds. The molecule has 2 heterocycles. The summed E-state index contributed by atoms with van der Waals surface area (Å²) in [6, 6.07) is 15.6. The molecule has 0 aliphatic carbocycles. The fourth-order valence-electron chi connectivity index (χ4n) is 5.03. The minimum absolute atomic E-state index is 0.0819. The Morgan fingerprint density at radius 1 is 1.05 bits per heavy atom. The number of benzene rings is 2. The lowest BCUT2D eigenvalue weighted by Gasteiger charge is -2.43. The number of amides is 3. The van der Waals surface area contributed by atoms with E-state index in [2.05, 4.69) is 10.2 Å². The van der Waals surface area contributed by atoms with Crippen molar-refractivity contribution in [3.63, 3.8) is 0 Å². The van der Waals surface area contributed by atoms with Crippen LogP contribution < -0.4 is 5.32 Å². The third kappa shape index (κ3) is 5.65. The number of likely N-dealkylation sites (N-methyl/N-ethyl adjacent to an activating group) is 1. The second-order valence-electron chi connectivity index (χ2n) is 9.18. The van der Waals surface area contributed by atoms with Crippen LogP contribution in [0.3, 0.4) is 0 Å². The van der Waals surface area contributed by atoms with E-state index in [1.807, 2.05) is 49.1 Å². The van der Waals surface area contributed by atoms with Crippen molar-refractivity contribution in [2.75, 3.05) is 39.3 Å². The molecule has 0 aromatic heterocycles. The monoisotopic (exact) mass is 524 g/mol. The van der Waals surface area contributed by atoms with Crippen molar-refractivity contribution in [1.82, 2.24) is 20.0 Å². The summed E-state index contributed by atoms with van der Waals surface area (Å²) in [4.78, 5) is 45.2. The number of carbonyl (C=O) groups is 3. The highest BCUT2D eigenvalue weighted by Gasteiger charge is 2.39. The number of hydrogen-bond acceptors (Lipinski definition) is 5. The highest BCUT2D eigenvalue weighted by Crippen LogP contribution is 2.32. The molecule has 0 saturated carbocycles. The Hall–Kier alpha value is -3.36. The van der Waals surface area contributed by atoms with Gasteiger partial charge in [0.05, 0.1) is 28.8 Å². The third-order valence-electron chi connectivity index (χ3n) is 6.83. The summed E-state index contributed by atoms with van der Waals surface area (Å²) in [6.07, 6.45) is 0. The Bertz CT molecular complexity index is 1190. The predicted molar refractivity (Wildman–Crippen MR) is 142 cm³/mol. The Kier molecular flexibility index (Phi) is 8.51. The van der Waals surface area contributed by atoms with Gasteiger partial charge in [-0.1, -0.05) is 54.1 Å². The van der Waals surface area contributed by atoms with Gasteiger partial charge in [0.25, 0.3) is 5.91 Å². The first-order chi connectivity index (χ1) is 17.8. The molecule has 9 heteroatoms. The molecule has 37 heavy (non-hydrogen) atoms. The van der Waals surface area contributed by atoms with Crippen molar-refractivity contribution < 1.29 is 19.1 Å². The van der Waals surface area contributed by atoms with Crippen molar-refractivity contribution in [2.24, 2.45) is 0 Å². The van der Waals surface area contributed by atoms with E-state index in [1.165, 1.54) is 0 Å².